The van der Waals surface area contributed by atoms with Gasteiger partial charge in [0.1, 0.15) is 18.3 Å². The fourth-order valence-corrected chi connectivity index (χ4v) is 6.11. The maximum atomic E-state index is 14.2. The average Bonchev–Trinajstić information content (AvgIpc) is 3.50. The average molecular weight is 609 g/mol. The summed E-state index contributed by atoms with van der Waals surface area (Å²) in [6.07, 6.45) is 4.84. The molecule has 1 fully saturated rings. The summed E-state index contributed by atoms with van der Waals surface area (Å²) in [6, 6.07) is 20.5. The molecule has 0 saturated heterocycles. The minimum Gasteiger partial charge on any atom is -0.497 e. The Bertz CT molecular complexity index is 1540. The number of nitrogens with one attached hydrogen (secondary N) is 1. The van der Waals surface area contributed by atoms with Crippen LogP contribution in [0.4, 0.5) is 11.4 Å². The van der Waals surface area contributed by atoms with E-state index in [2.05, 4.69) is 5.32 Å². The number of non-ortho nitro benzene ring substituents is 1. The minimum absolute atomic E-state index is 0.00183. The van der Waals surface area contributed by atoms with Crippen LogP contribution in [0.2, 0.25) is 0 Å². The number of carbonyl (C=O) groups excluding carboxylic acids is 2. The number of nitro benzene ring substituents is 1. The minimum atomic E-state index is -4.05. The van der Waals surface area contributed by atoms with Gasteiger partial charge in [-0.05, 0) is 42.2 Å². The van der Waals surface area contributed by atoms with Crippen LogP contribution >= 0.6 is 0 Å². The third kappa shape index (κ3) is 8.54. The highest BCUT2D eigenvalue weighted by Gasteiger charge is 2.34. The van der Waals surface area contributed by atoms with Crippen molar-refractivity contribution >= 4 is 33.2 Å². The van der Waals surface area contributed by atoms with Crippen molar-refractivity contribution in [2.24, 2.45) is 0 Å². The Morgan fingerprint density at radius 3 is 2.33 bits per heavy atom. The summed E-state index contributed by atoms with van der Waals surface area (Å²) in [4.78, 5) is 40.3. The van der Waals surface area contributed by atoms with E-state index in [1.165, 1.54) is 30.2 Å². The molecule has 0 spiro atoms. The van der Waals surface area contributed by atoms with Crippen molar-refractivity contribution in [2.75, 3.05) is 24.2 Å². The van der Waals surface area contributed by atoms with E-state index in [1.807, 2.05) is 30.3 Å². The van der Waals surface area contributed by atoms with Crippen molar-refractivity contribution in [3.63, 3.8) is 0 Å². The van der Waals surface area contributed by atoms with Crippen molar-refractivity contribution in [3.8, 4) is 5.75 Å². The fourth-order valence-electron chi connectivity index (χ4n) is 5.26. The van der Waals surface area contributed by atoms with E-state index in [-0.39, 0.29) is 36.3 Å². The third-order valence-electron chi connectivity index (χ3n) is 7.47. The second-order valence-electron chi connectivity index (χ2n) is 10.6. The molecular formula is C31H36N4O7S. The van der Waals surface area contributed by atoms with Gasteiger partial charge in [0.2, 0.25) is 21.8 Å². The lowest BCUT2D eigenvalue weighted by Crippen LogP contribution is -2.54. The zero-order valence-corrected chi connectivity index (χ0v) is 25.0. The van der Waals surface area contributed by atoms with E-state index in [1.54, 1.807) is 24.3 Å². The van der Waals surface area contributed by atoms with Crippen LogP contribution < -0.4 is 14.4 Å². The topological polar surface area (TPSA) is 139 Å². The summed E-state index contributed by atoms with van der Waals surface area (Å²) in [5.41, 5.74) is 1.17. The summed E-state index contributed by atoms with van der Waals surface area (Å²) in [5, 5.41) is 14.5. The monoisotopic (exact) mass is 608 g/mol. The first kappa shape index (κ1) is 31.5. The summed E-state index contributed by atoms with van der Waals surface area (Å²) < 4.78 is 32.0. The molecule has 1 atom stereocenters. The van der Waals surface area contributed by atoms with E-state index in [4.69, 9.17) is 4.74 Å². The molecule has 228 valence electrons. The van der Waals surface area contributed by atoms with Gasteiger partial charge in [-0.15, -0.1) is 0 Å². The highest BCUT2D eigenvalue weighted by Crippen LogP contribution is 2.25. The van der Waals surface area contributed by atoms with E-state index in [0.717, 1.165) is 47.9 Å². The standard InChI is InChI=1S/C31H36N4O7S/c1-42-28-17-8-12-24(18-28)21-33(29(19-23-10-4-3-5-11-23)31(37)32-25-13-6-7-14-25)30(36)22-34(43(2,40)41)26-15-9-16-27(20-26)35(38)39/h3-5,8-12,15-18,20,25,29H,6-7,13-14,19,21-22H2,1-2H3,(H,32,37)/t29-/m0/s1. The van der Waals surface area contributed by atoms with Gasteiger partial charge < -0.3 is 15.0 Å². The number of rotatable bonds is 13. The molecule has 0 radical (unpaired) electrons. The molecule has 4 rings (SSSR count). The van der Waals surface area contributed by atoms with Gasteiger partial charge in [-0.3, -0.25) is 24.0 Å². The number of ether oxygens (including phenoxy) is 1. The van der Waals surface area contributed by atoms with Gasteiger partial charge in [0.15, 0.2) is 0 Å². The molecule has 0 heterocycles. The number of nitro groups is 1. The first-order valence-electron chi connectivity index (χ1n) is 14.0. The number of hydrogen-bond acceptors (Lipinski definition) is 7. The number of hydrogen-bond donors (Lipinski definition) is 1. The summed E-state index contributed by atoms with van der Waals surface area (Å²) >= 11 is 0. The SMILES string of the molecule is COc1cccc(CN(C(=O)CN(c2cccc([N+](=O)[O-])c2)S(C)(=O)=O)[C@@H](Cc2ccccc2)C(=O)NC2CCCC2)c1. The Morgan fingerprint density at radius 2 is 1.67 bits per heavy atom. The van der Waals surface area contributed by atoms with Gasteiger partial charge in [-0.2, -0.15) is 0 Å². The van der Waals surface area contributed by atoms with Crippen molar-refractivity contribution in [3.05, 3.63) is 100 Å². The molecule has 1 aliphatic rings. The van der Waals surface area contributed by atoms with Crippen molar-refractivity contribution in [1.29, 1.82) is 0 Å². The van der Waals surface area contributed by atoms with Crippen molar-refractivity contribution in [2.45, 2.75) is 50.7 Å². The molecule has 43 heavy (non-hydrogen) atoms. The van der Waals surface area contributed by atoms with Crippen molar-refractivity contribution in [1.82, 2.24) is 10.2 Å². The van der Waals surface area contributed by atoms with Gasteiger partial charge in [0, 0.05) is 31.1 Å². The van der Waals surface area contributed by atoms with Gasteiger partial charge in [0.25, 0.3) is 5.69 Å². The van der Waals surface area contributed by atoms with Gasteiger partial charge in [0.05, 0.1) is 24.0 Å². The molecule has 3 aromatic carbocycles. The number of methoxy groups -OCH3 is 1. The Kier molecular flexibility index (Phi) is 10.4. The normalized spacial score (nSPS) is 14.1. The predicted molar refractivity (Wildman–Crippen MR) is 163 cm³/mol. The van der Waals surface area contributed by atoms with E-state index in [9.17, 15) is 28.1 Å². The van der Waals surface area contributed by atoms with Crippen LogP contribution in [0, 0.1) is 10.1 Å². The molecule has 1 N–H and O–H groups in total. The highest BCUT2D eigenvalue weighted by molar-refractivity contribution is 7.92. The van der Waals surface area contributed by atoms with Gasteiger partial charge in [-0.25, -0.2) is 8.42 Å². The van der Waals surface area contributed by atoms with Gasteiger partial charge >= 0.3 is 0 Å². The third-order valence-corrected chi connectivity index (χ3v) is 8.61. The first-order valence-corrected chi connectivity index (χ1v) is 15.9. The fraction of sp³-hybridized carbons (Fsp3) is 0.355. The maximum absolute atomic E-state index is 14.2. The second kappa shape index (κ2) is 14.1. The van der Waals surface area contributed by atoms with Crippen LogP contribution in [0.15, 0.2) is 78.9 Å². The van der Waals surface area contributed by atoms with Crippen LogP contribution in [0.5, 0.6) is 5.75 Å². The maximum Gasteiger partial charge on any atom is 0.271 e. The molecule has 0 unspecified atom stereocenters. The number of benzene rings is 3. The van der Waals surface area contributed by atoms with Crippen LogP contribution in [0.25, 0.3) is 0 Å². The van der Waals surface area contributed by atoms with Crippen LogP contribution in [-0.2, 0) is 32.6 Å². The van der Waals surface area contributed by atoms with Gasteiger partial charge in [-0.1, -0.05) is 61.4 Å². The quantitative estimate of drug-likeness (QED) is 0.228. The molecule has 12 heteroatoms. The molecule has 0 aromatic heterocycles. The lowest BCUT2D eigenvalue weighted by Gasteiger charge is -2.34. The predicted octanol–water partition coefficient (Wildman–Crippen LogP) is 4.07. The molecule has 0 aliphatic heterocycles. The van der Waals surface area contributed by atoms with Crippen LogP contribution in [0.1, 0.15) is 36.8 Å². The zero-order chi connectivity index (χ0) is 31.0. The van der Waals surface area contributed by atoms with Crippen LogP contribution in [0.3, 0.4) is 0 Å². The van der Waals surface area contributed by atoms with E-state index >= 15 is 0 Å². The number of carbonyl (C=O) groups is 2. The highest BCUT2D eigenvalue weighted by atomic mass is 32.2. The summed E-state index contributed by atoms with van der Waals surface area (Å²) in [7, 11) is -2.53. The molecule has 1 saturated carbocycles. The Hall–Kier alpha value is -4.45. The molecule has 0 bridgehead atoms. The Morgan fingerprint density at radius 1 is 1.00 bits per heavy atom. The van der Waals surface area contributed by atoms with Crippen molar-refractivity contribution < 1.29 is 27.7 Å². The second-order valence-corrected chi connectivity index (χ2v) is 12.5. The summed E-state index contributed by atoms with van der Waals surface area (Å²) in [6.45, 7) is -0.663. The Labute approximate surface area is 251 Å². The molecule has 1 aliphatic carbocycles. The lowest BCUT2D eigenvalue weighted by atomic mass is 10.0. The number of anilines is 1. The molecule has 11 nitrogen and oxygen atoms in total. The van der Waals surface area contributed by atoms with Crippen LogP contribution in [-0.4, -0.2) is 62.0 Å². The summed E-state index contributed by atoms with van der Waals surface area (Å²) in [5.74, 6) is -0.398. The molecule has 3 aromatic rings. The Balaban J connectivity index is 1.75. The number of nitrogens with zero attached hydrogens (tertiary/aromatic N) is 3. The first-order chi connectivity index (χ1) is 20.5. The smallest absolute Gasteiger partial charge is 0.271 e. The van der Waals surface area contributed by atoms with E-state index in [0.29, 0.717) is 11.3 Å². The molecule has 2 amide bonds. The molecular weight excluding hydrogens is 572 g/mol. The zero-order valence-electron chi connectivity index (χ0n) is 24.2. The number of amides is 2. The lowest BCUT2D eigenvalue weighted by molar-refractivity contribution is -0.384. The number of sulfonamides is 1. The van der Waals surface area contributed by atoms with E-state index < -0.39 is 33.4 Å². The largest absolute Gasteiger partial charge is 0.497 e.